The summed E-state index contributed by atoms with van der Waals surface area (Å²) in [7, 11) is 0. The molecule has 76 valence electrons. The predicted molar refractivity (Wildman–Crippen MR) is 52.0 cm³/mol. The quantitative estimate of drug-likeness (QED) is 0.498. The third kappa shape index (κ3) is 2.73. The van der Waals surface area contributed by atoms with Crippen molar-refractivity contribution in [3.8, 4) is 5.75 Å². The summed E-state index contributed by atoms with van der Waals surface area (Å²) >= 11 is 10.7. The summed E-state index contributed by atoms with van der Waals surface area (Å²) in [5.74, 6) is -0.203. The van der Waals surface area contributed by atoms with Crippen LogP contribution >= 0.6 is 23.6 Å². The fourth-order valence-corrected chi connectivity index (χ4v) is 1.19. The maximum absolute atomic E-state index is 10.3. The van der Waals surface area contributed by atoms with Crippen LogP contribution in [0.2, 0.25) is 0 Å². The topological polar surface area (TPSA) is 66.6 Å². The number of phenolic OH excluding ortho intramolecular Hbond substituents is 1. The molecule has 0 aromatic heterocycles. The van der Waals surface area contributed by atoms with Gasteiger partial charge >= 0.3 is 0 Å². The predicted octanol–water partition coefficient (Wildman–Crippen LogP) is 2.41. The zero-order chi connectivity index (χ0) is 10.7. The van der Waals surface area contributed by atoms with Gasteiger partial charge in [-0.3, -0.25) is 10.1 Å². The zero-order valence-corrected chi connectivity index (χ0v) is 8.37. The summed E-state index contributed by atoms with van der Waals surface area (Å²) < 4.78 is 0.820. The maximum atomic E-state index is 10.3. The fraction of sp³-hybridized carbons (Fsp3) is 0.143. The summed E-state index contributed by atoms with van der Waals surface area (Å²) in [6, 6.07) is 3.71. The van der Waals surface area contributed by atoms with Gasteiger partial charge in [0.1, 0.15) is 5.75 Å². The van der Waals surface area contributed by atoms with Crippen molar-refractivity contribution in [2.24, 2.45) is 0 Å². The summed E-state index contributed by atoms with van der Waals surface area (Å²) in [5, 5.41) is 19.7. The highest BCUT2D eigenvalue weighted by Crippen LogP contribution is 2.25. The molecule has 0 aliphatic heterocycles. The molecule has 0 unspecified atom stereocenters. The first-order valence-corrected chi connectivity index (χ1v) is 4.23. The molecule has 0 atom stereocenters. The first-order chi connectivity index (χ1) is 6.50. The molecule has 0 spiro atoms. The van der Waals surface area contributed by atoms with E-state index in [1.165, 1.54) is 12.1 Å². The summed E-state index contributed by atoms with van der Waals surface area (Å²) in [6.07, 6.45) is 0. The monoisotopic (exact) mass is 236 g/mol. The van der Waals surface area contributed by atoms with Gasteiger partial charge < -0.3 is 5.11 Å². The number of rotatable bonds is 3. The normalized spacial score (nSPS) is 10.5. The highest BCUT2D eigenvalue weighted by molar-refractivity contribution is 6.33. The average Bonchev–Trinajstić information content (AvgIpc) is 2.07. The standard InChI is InChI=1S/C7H6Cl2N2O3/c8-10(9)4-5-1-2-6(11(13)14)3-7(5)12/h1-3,12H,4H2. The largest absolute Gasteiger partial charge is 0.507 e. The summed E-state index contributed by atoms with van der Waals surface area (Å²) in [5.41, 5.74) is 0.238. The number of benzene rings is 1. The van der Waals surface area contributed by atoms with E-state index in [0.29, 0.717) is 5.56 Å². The molecular weight excluding hydrogens is 231 g/mol. The minimum Gasteiger partial charge on any atom is -0.507 e. The van der Waals surface area contributed by atoms with Gasteiger partial charge in [-0.2, -0.15) is 0 Å². The van der Waals surface area contributed by atoms with E-state index >= 15 is 0 Å². The van der Waals surface area contributed by atoms with E-state index in [-0.39, 0.29) is 18.0 Å². The van der Waals surface area contributed by atoms with Gasteiger partial charge in [-0.05, 0) is 29.6 Å². The van der Waals surface area contributed by atoms with Crippen LogP contribution in [0.25, 0.3) is 0 Å². The average molecular weight is 237 g/mol. The first-order valence-electron chi connectivity index (χ1n) is 3.56. The second-order valence-corrected chi connectivity index (χ2v) is 3.52. The molecule has 0 heterocycles. The Balaban J connectivity index is 2.95. The van der Waals surface area contributed by atoms with Crippen LogP contribution in [-0.4, -0.2) is 14.0 Å². The van der Waals surface area contributed by atoms with Gasteiger partial charge in [-0.15, -0.1) is 3.94 Å². The number of nitro groups is 1. The molecule has 0 bridgehead atoms. The third-order valence-corrected chi connectivity index (χ3v) is 1.81. The number of phenols is 1. The van der Waals surface area contributed by atoms with E-state index < -0.39 is 4.92 Å². The molecular formula is C7H6Cl2N2O3. The van der Waals surface area contributed by atoms with Gasteiger partial charge in [0.15, 0.2) is 0 Å². The van der Waals surface area contributed by atoms with Gasteiger partial charge in [0.2, 0.25) is 0 Å². The lowest BCUT2D eigenvalue weighted by molar-refractivity contribution is -0.384. The van der Waals surface area contributed by atoms with Crippen LogP contribution in [-0.2, 0) is 6.54 Å². The van der Waals surface area contributed by atoms with Crippen LogP contribution in [0.15, 0.2) is 18.2 Å². The van der Waals surface area contributed by atoms with Crippen molar-refractivity contribution in [2.75, 3.05) is 0 Å². The Kier molecular flexibility index (Phi) is 3.51. The fourth-order valence-electron chi connectivity index (χ4n) is 0.928. The minimum atomic E-state index is -0.595. The Morgan fingerprint density at radius 3 is 2.57 bits per heavy atom. The van der Waals surface area contributed by atoms with Gasteiger partial charge in [-0.25, -0.2) is 0 Å². The second-order valence-electron chi connectivity index (χ2n) is 2.53. The first kappa shape index (κ1) is 11.0. The molecule has 1 aromatic rings. The number of hydrogen-bond donors (Lipinski definition) is 1. The minimum absolute atomic E-state index is 0.0902. The number of nitro benzene ring substituents is 1. The molecule has 1 rings (SSSR count). The molecule has 0 amide bonds. The van der Waals surface area contributed by atoms with Gasteiger partial charge in [0.05, 0.1) is 17.5 Å². The lowest BCUT2D eigenvalue weighted by Crippen LogP contribution is -1.98. The highest BCUT2D eigenvalue weighted by Gasteiger charge is 2.11. The molecule has 5 nitrogen and oxygen atoms in total. The van der Waals surface area contributed by atoms with E-state index in [2.05, 4.69) is 0 Å². The molecule has 1 N–H and O–H groups in total. The Labute approximate surface area is 89.8 Å². The van der Waals surface area contributed by atoms with Crippen molar-refractivity contribution < 1.29 is 10.0 Å². The molecule has 0 aliphatic rings. The molecule has 7 heteroatoms. The Bertz CT molecular complexity index is 357. The van der Waals surface area contributed by atoms with Crippen LogP contribution in [0.1, 0.15) is 5.56 Å². The van der Waals surface area contributed by atoms with Crippen LogP contribution in [0, 0.1) is 10.1 Å². The molecule has 0 saturated heterocycles. The maximum Gasteiger partial charge on any atom is 0.273 e. The van der Waals surface area contributed by atoms with Crippen molar-refractivity contribution in [3.63, 3.8) is 0 Å². The Morgan fingerprint density at radius 1 is 1.50 bits per heavy atom. The smallest absolute Gasteiger partial charge is 0.273 e. The van der Waals surface area contributed by atoms with E-state index in [1.54, 1.807) is 0 Å². The van der Waals surface area contributed by atoms with Crippen molar-refractivity contribution in [3.05, 3.63) is 33.9 Å². The van der Waals surface area contributed by atoms with Crippen LogP contribution in [0.4, 0.5) is 5.69 Å². The van der Waals surface area contributed by atoms with Crippen LogP contribution < -0.4 is 0 Å². The highest BCUT2D eigenvalue weighted by atomic mass is 35.5. The van der Waals surface area contributed by atoms with Gasteiger partial charge in [-0.1, -0.05) is 0 Å². The number of halogens is 2. The SMILES string of the molecule is O=[N+]([O-])c1ccc(CN(Cl)Cl)c(O)c1. The summed E-state index contributed by atoms with van der Waals surface area (Å²) in [4.78, 5) is 9.72. The lowest BCUT2D eigenvalue weighted by atomic mass is 10.2. The molecule has 0 fully saturated rings. The number of non-ortho nitro benzene ring substituents is 1. The second kappa shape index (κ2) is 4.45. The van der Waals surface area contributed by atoms with Crippen molar-refractivity contribution >= 4 is 29.2 Å². The van der Waals surface area contributed by atoms with Crippen LogP contribution in [0.3, 0.4) is 0 Å². The molecule has 0 saturated carbocycles. The van der Waals surface area contributed by atoms with E-state index in [1.807, 2.05) is 0 Å². The Morgan fingerprint density at radius 2 is 2.14 bits per heavy atom. The van der Waals surface area contributed by atoms with Crippen molar-refractivity contribution in [2.45, 2.75) is 6.54 Å². The Hall–Kier alpha value is -1.04. The summed E-state index contributed by atoms with van der Waals surface area (Å²) in [6.45, 7) is 0.0902. The van der Waals surface area contributed by atoms with Crippen LogP contribution in [0.5, 0.6) is 5.75 Å². The van der Waals surface area contributed by atoms with Crippen molar-refractivity contribution in [1.29, 1.82) is 0 Å². The molecule has 0 radical (unpaired) electrons. The third-order valence-electron chi connectivity index (χ3n) is 1.57. The zero-order valence-electron chi connectivity index (χ0n) is 6.85. The molecule has 14 heavy (non-hydrogen) atoms. The van der Waals surface area contributed by atoms with E-state index in [4.69, 9.17) is 23.6 Å². The molecule has 1 aromatic carbocycles. The van der Waals surface area contributed by atoms with Gasteiger partial charge in [0.25, 0.3) is 5.69 Å². The van der Waals surface area contributed by atoms with E-state index in [0.717, 1.165) is 10.0 Å². The van der Waals surface area contributed by atoms with Gasteiger partial charge in [0, 0.05) is 11.6 Å². The molecule has 0 aliphatic carbocycles. The number of aromatic hydroxyl groups is 1. The van der Waals surface area contributed by atoms with E-state index in [9.17, 15) is 15.2 Å². The number of nitrogens with zero attached hydrogens (tertiary/aromatic N) is 2. The van der Waals surface area contributed by atoms with Crippen molar-refractivity contribution in [1.82, 2.24) is 3.94 Å². The number of hydrogen-bond acceptors (Lipinski definition) is 4. The lowest BCUT2D eigenvalue weighted by Gasteiger charge is -2.05.